The lowest BCUT2D eigenvalue weighted by Crippen LogP contribution is -2.39. The second-order valence-corrected chi connectivity index (χ2v) is 4.70. The first kappa shape index (κ1) is 11.7. The van der Waals surface area contributed by atoms with E-state index in [1.807, 2.05) is 0 Å². The molecule has 8 nitrogen and oxygen atoms in total. The van der Waals surface area contributed by atoms with Gasteiger partial charge in [-0.1, -0.05) is 0 Å². The van der Waals surface area contributed by atoms with Crippen LogP contribution in [0.1, 0.15) is 0 Å². The predicted molar refractivity (Wildman–Crippen MR) is 31.4 cm³/mol. The van der Waals surface area contributed by atoms with E-state index in [2.05, 4.69) is 0 Å². The van der Waals surface area contributed by atoms with E-state index in [1.54, 1.807) is 0 Å². The molecule has 0 aromatic heterocycles. The molecule has 0 amide bonds. The Morgan fingerprint density at radius 3 is 1.08 bits per heavy atom. The van der Waals surface area contributed by atoms with Crippen LogP contribution in [-0.2, 0) is 20.2 Å². The Morgan fingerprint density at radius 1 is 0.833 bits per heavy atom. The molecule has 0 aromatic carbocycles. The van der Waals surface area contributed by atoms with Gasteiger partial charge < -0.3 is 19.3 Å². The van der Waals surface area contributed by atoms with Gasteiger partial charge in [0.1, 0.15) is 20.2 Å². The molecule has 2 atom stereocenters. The molecule has 0 aromatic rings. The van der Waals surface area contributed by atoms with Crippen LogP contribution in [0.25, 0.3) is 0 Å². The van der Waals surface area contributed by atoms with Gasteiger partial charge >= 0.3 is 0 Å². The number of aliphatic hydroxyl groups excluding tert-OH is 2. The molecular formula is C2H4O8S2-2. The summed E-state index contributed by atoms with van der Waals surface area (Å²) in [6.07, 6.45) is 0. The Kier molecular flexibility index (Phi) is 3.17. The SMILES string of the molecule is O=S(=O)([O-])[C@@H](O)[C@H](O)S(=O)(=O)[O-]. The number of rotatable bonds is 3. The van der Waals surface area contributed by atoms with Crippen LogP contribution in [0.2, 0.25) is 0 Å². The fourth-order valence-corrected chi connectivity index (χ4v) is 1.67. The third-order valence-corrected chi connectivity index (χ3v) is 2.71. The zero-order valence-electron chi connectivity index (χ0n) is 5.32. The van der Waals surface area contributed by atoms with E-state index in [4.69, 9.17) is 10.2 Å². The van der Waals surface area contributed by atoms with E-state index in [1.165, 1.54) is 0 Å². The maximum atomic E-state index is 9.85. The first-order valence-electron chi connectivity index (χ1n) is 2.32. The van der Waals surface area contributed by atoms with Gasteiger partial charge in [0.05, 0.1) is 0 Å². The summed E-state index contributed by atoms with van der Waals surface area (Å²) in [5.41, 5.74) is -6.31. The van der Waals surface area contributed by atoms with Crippen LogP contribution < -0.4 is 0 Å². The van der Waals surface area contributed by atoms with Gasteiger partial charge in [0, 0.05) is 0 Å². The molecule has 0 aliphatic carbocycles. The maximum Gasteiger partial charge on any atom is 0.182 e. The second-order valence-electron chi connectivity index (χ2n) is 1.77. The minimum absolute atomic E-state index is 3.15. The molecular weight excluding hydrogens is 216 g/mol. The zero-order valence-corrected chi connectivity index (χ0v) is 6.95. The molecule has 0 spiro atoms. The van der Waals surface area contributed by atoms with Gasteiger partial charge in [-0.25, -0.2) is 16.8 Å². The van der Waals surface area contributed by atoms with Crippen LogP contribution >= 0.6 is 0 Å². The summed E-state index contributed by atoms with van der Waals surface area (Å²) >= 11 is 0. The van der Waals surface area contributed by atoms with E-state index >= 15 is 0 Å². The molecule has 12 heavy (non-hydrogen) atoms. The van der Waals surface area contributed by atoms with Gasteiger partial charge in [0.15, 0.2) is 10.9 Å². The van der Waals surface area contributed by atoms with Crippen molar-refractivity contribution in [1.29, 1.82) is 0 Å². The van der Waals surface area contributed by atoms with Gasteiger partial charge in [-0.05, 0) is 0 Å². The number of hydrogen-bond acceptors (Lipinski definition) is 8. The average Bonchev–Trinajstić information content (AvgIpc) is 1.80. The summed E-state index contributed by atoms with van der Waals surface area (Å²) in [5.74, 6) is 0. The first-order chi connectivity index (χ1) is 5.07. The predicted octanol–water partition coefficient (Wildman–Crippen LogP) is -3.29. The maximum absolute atomic E-state index is 9.85. The van der Waals surface area contributed by atoms with Crippen LogP contribution in [0.3, 0.4) is 0 Å². The molecule has 0 aliphatic heterocycles. The fraction of sp³-hybridized carbons (Fsp3) is 1.00. The van der Waals surface area contributed by atoms with Crippen molar-refractivity contribution in [2.24, 2.45) is 0 Å². The molecule has 0 fully saturated rings. The standard InChI is InChI=1S/C2H6O8S2/c3-1(11(5,6)7)2(4)12(8,9)10/h1-4H,(H,5,6,7)(H,8,9,10)/p-2/t1-,2-/m1/s1. The van der Waals surface area contributed by atoms with Crippen molar-refractivity contribution in [3.63, 3.8) is 0 Å². The van der Waals surface area contributed by atoms with Gasteiger partial charge in [-0.3, -0.25) is 0 Å². The Hall–Kier alpha value is -0.260. The summed E-state index contributed by atoms with van der Waals surface area (Å²) in [6.45, 7) is 0. The van der Waals surface area contributed by atoms with E-state index < -0.39 is 31.1 Å². The molecule has 74 valence electrons. The van der Waals surface area contributed by atoms with Crippen LogP contribution in [0, 0.1) is 0 Å². The molecule has 0 radical (unpaired) electrons. The van der Waals surface area contributed by atoms with Gasteiger partial charge in [-0.2, -0.15) is 0 Å². The topological polar surface area (TPSA) is 155 Å². The Morgan fingerprint density at radius 2 is 1.00 bits per heavy atom. The largest absolute Gasteiger partial charge is 0.746 e. The van der Waals surface area contributed by atoms with Crippen LogP contribution in [0.4, 0.5) is 0 Å². The van der Waals surface area contributed by atoms with Crippen molar-refractivity contribution >= 4 is 20.2 Å². The third kappa shape index (κ3) is 3.00. The van der Waals surface area contributed by atoms with Crippen molar-refractivity contribution in [3.8, 4) is 0 Å². The summed E-state index contributed by atoms with van der Waals surface area (Å²) in [6, 6.07) is 0. The van der Waals surface area contributed by atoms with Crippen molar-refractivity contribution in [3.05, 3.63) is 0 Å². The highest BCUT2D eigenvalue weighted by Gasteiger charge is 2.27. The lowest BCUT2D eigenvalue weighted by molar-refractivity contribution is 0.106. The van der Waals surface area contributed by atoms with Crippen molar-refractivity contribution < 1.29 is 36.2 Å². The summed E-state index contributed by atoms with van der Waals surface area (Å²) in [5, 5.41) is 16.5. The second kappa shape index (κ2) is 3.24. The van der Waals surface area contributed by atoms with Crippen LogP contribution in [0.5, 0.6) is 0 Å². The summed E-state index contributed by atoms with van der Waals surface area (Å²) in [7, 11) is -10.8. The smallest absolute Gasteiger partial charge is 0.182 e. The fourth-order valence-electron chi connectivity index (χ4n) is 0.285. The Balaban J connectivity index is 4.89. The molecule has 0 unspecified atom stereocenters. The Bertz CT molecular complexity index is 299. The van der Waals surface area contributed by atoms with E-state index in [-0.39, 0.29) is 0 Å². The summed E-state index contributed by atoms with van der Waals surface area (Å²) in [4.78, 5) is 0. The molecule has 0 saturated heterocycles. The van der Waals surface area contributed by atoms with Crippen molar-refractivity contribution in [2.75, 3.05) is 0 Å². The minimum atomic E-state index is -5.41. The van der Waals surface area contributed by atoms with Crippen LogP contribution in [-0.4, -0.2) is 47.0 Å². The number of hydrogen-bond donors (Lipinski definition) is 2. The zero-order chi connectivity index (χ0) is 10.2. The van der Waals surface area contributed by atoms with Gasteiger partial charge in [0.2, 0.25) is 0 Å². The lowest BCUT2D eigenvalue weighted by atomic mass is 10.8. The highest BCUT2D eigenvalue weighted by molar-refractivity contribution is 7.90. The molecule has 0 heterocycles. The van der Waals surface area contributed by atoms with Gasteiger partial charge in [0.25, 0.3) is 0 Å². The average molecular weight is 220 g/mol. The van der Waals surface area contributed by atoms with Crippen LogP contribution in [0.15, 0.2) is 0 Å². The molecule has 0 saturated carbocycles. The number of aliphatic hydroxyl groups is 2. The molecule has 0 rings (SSSR count). The highest BCUT2D eigenvalue weighted by Crippen LogP contribution is 2.05. The van der Waals surface area contributed by atoms with E-state index in [9.17, 15) is 25.9 Å². The Labute approximate surface area is 67.9 Å². The molecule has 10 heteroatoms. The quantitative estimate of drug-likeness (QED) is 0.469. The third-order valence-electron chi connectivity index (χ3n) is 0.835. The molecule has 0 aliphatic rings. The molecule has 2 N–H and O–H groups in total. The van der Waals surface area contributed by atoms with E-state index in [0.29, 0.717) is 0 Å². The highest BCUT2D eigenvalue weighted by atomic mass is 32.2. The van der Waals surface area contributed by atoms with E-state index in [0.717, 1.165) is 0 Å². The minimum Gasteiger partial charge on any atom is -0.746 e. The van der Waals surface area contributed by atoms with Gasteiger partial charge in [-0.15, -0.1) is 0 Å². The van der Waals surface area contributed by atoms with Crippen molar-refractivity contribution in [1.82, 2.24) is 0 Å². The van der Waals surface area contributed by atoms with Crippen molar-refractivity contribution in [2.45, 2.75) is 10.9 Å². The lowest BCUT2D eigenvalue weighted by Gasteiger charge is -2.22. The summed E-state index contributed by atoms with van der Waals surface area (Å²) < 4.78 is 59.1. The normalized spacial score (nSPS) is 18.7. The molecule has 0 bridgehead atoms. The first-order valence-corrected chi connectivity index (χ1v) is 5.26. The monoisotopic (exact) mass is 220 g/mol.